The molecule has 1 rings (SSSR count). The maximum absolute atomic E-state index is 10.5. The van der Waals surface area contributed by atoms with E-state index in [1.54, 1.807) is 0 Å². The topological polar surface area (TPSA) is 72.9 Å². The Bertz CT molecular complexity index is 308. The summed E-state index contributed by atoms with van der Waals surface area (Å²) >= 11 is 0. The van der Waals surface area contributed by atoms with Gasteiger partial charge >= 0.3 is 0 Å². The number of nitrogens with two attached hydrogens (primary N) is 1. The third-order valence-corrected chi connectivity index (χ3v) is 2.12. The van der Waals surface area contributed by atoms with E-state index in [1.165, 1.54) is 0 Å². The molecule has 3 N–H and O–H groups in total. The molecule has 0 fully saturated rings. The van der Waals surface area contributed by atoms with Crippen molar-refractivity contribution in [1.82, 2.24) is 15.1 Å². The van der Waals surface area contributed by atoms with Crippen LogP contribution in [-0.2, 0) is 17.9 Å². The summed E-state index contributed by atoms with van der Waals surface area (Å²) in [7, 11) is 0. The minimum Gasteiger partial charge on any atom is -0.370 e. The zero-order valence-corrected chi connectivity index (χ0v) is 9.07. The summed E-state index contributed by atoms with van der Waals surface area (Å²) < 4.78 is 1.89. The summed E-state index contributed by atoms with van der Waals surface area (Å²) in [4.78, 5) is 10.5. The van der Waals surface area contributed by atoms with Gasteiger partial charge < -0.3 is 11.1 Å². The lowest BCUT2D eigenvalue weighted by atomic mass is 10.3. The van der Waals surface area contributed by atoms with Crippen molar-refractivity contribution in [2.45, 2.75) is 32.9 Å². The molecule has 0 spiro atoms. The number of nitrogens with zero attached hydrogens (tertiary/aromatic N) is 2. The Balaban J connectivity index is 2.12. The van der Waals surface area contributed by atoms with Crippen LogP contribution in [0.1, 0.15) is 25.3 Å². The third kappa shape index (κ3) is 4.60. The average molecular weight is 210 g/mol. The van der Waals surface area contributed by atoms with Gasteiger partial charge in [-0.1, -0.05) is 0 Å². The third-order valence-electron chi connectivity index (χ3n) is 2.12. The van der Waals surface area contributed by atoms with E-state index in [0.29, 0.717) is 6.42 Å². The summed E-state index contributed by atoms with van der Waals surface area (Å²) in [6, 6.07) is 0. The highest BCUT2D eigenvalue weighted by molar-refractivity contribution is 5.73. The summed E-state index contributed by atoms with van der Waals surface area (Å²) in [5.41, 5.74) is 6.19. The van der Waals surface area contributed by atoms with Gasteiger partial charge in [-0.05, 0) is 19.9 Å². The van der Waals surface area contributed by atoms with Gasteiger partial charge in [-0.2, -0.15) is 5.10 Å². The number of rotatable bonds is 7. The largest absolute Gasteiger partial charge is 0.370 e. The Labute approximate surface area is 89.6 Å². The molecule has 0 atom stereocenters. The fraction of sp³-hybridized carbons (Fsp3) is 0.600. The molecule has 1 aromatic heterocycles. The number of primary amides is 1. The number of hydrogen-bond acceptors (Lipinski definition) is 3. The number of hydrogen-bond donors (Lipinski definition) is 2. The minimum absolute atomic E-state index is 0.240. The number of carbonyl (C=O) groups excluding carboxylic acids is 1. The molecule has 0 aromatic carbocycles. The van der Waals surface area contributed by atoms with Crippen LogP contribution in [0.4, 0.5) is 0 Å². The van der Waals surface area contributed by atoms with Crippen molar-refractivity contribution in [3.8, 4) is 0 Å². The van der Waals surface area contributed by atoms with Crippen LogP contribution in [0.3, 0.4) is 0 Å². The van der Waals surface area contributed by atoms with Crippen LogP contribution in [-0.4, -0.2) is 22.2 Å². The van der Waals surface area contributed by atoms with Gasteiger partial charge in [0.05, 0.1) is 6.20 Å². The summed E-state index contributed by atoms with van der Waals surface area (Å²) in [6.07, 6.45) is 5.10. The molecular formula is C10H18N4O. The first-order valence-electron chi connectivity index (χ1n) is 5.22. The molecule has 1 heterocycles. The zero-order valence-electron chi connectivity index (χ0n) is 9.07. The van der Waals surface area contributed by atoms with E-state index in [4.69, 9.17) is 5.73 Å². The summed E-state index contributed by atoms with van der Waals surface area (Å²) in [5.74, 6) is -0.240. The van der Waals surface area contributed by atoms with Crippen LogP contribution in [0.2, 0.25) is 0 Å². The van der Waals surface area contributed by atoms with Crippen LogP contribution >= 0.6 is 0 Å². The van der Waals surface area contributed by atoms with Gasteiger partial charge in [0.1, 0.15) is 0 Å². The second kappa shape index (κ2) is 6.19. The van der Waals surface area contributed by atoms with Crippen LogP contribution in [0.15, 0.2) is 12.4 Å². The van der Waals surface area contributed by atoms with E-state index in [1.807, 2.05) is 17.1 Å². The quantitative estimate of drug-likeness (QED) is 0.634. The van der Waals surface area contributed by atoms with E-state index >= 15 is 0 Å². The fourth-order valence-corrected chi connectivity index (χ4v) is 1.29. The Kier molecular flexibility index (Phi) is 4.83. The monoisotopic (exact) mass is 210 g/mol. The van der Waals surface area contributed by atoms with Crippen molar-refractivity contribution >= 4 is 5.91 Å². The molecule has 0 aliphatic rings. The van der Waals surface area contributed by atoms with Gasteiger partial charge in [0.15, 0.2) is 0 Å². The molecule has 0 aliphatic heterocycles. The van der Waals surface area contributed by atoms with E-state index in [9.17, 15) is 4.79 Å². The van der Waals surface area contributed by atoms with E-state index < -0.39 is 0 Å². The fourth-order valence-electron chi connectivity index (χ4n) is 1.29. The molecule has 0 unspecified atom stereocenters. The molecule has 0 aliphatic carbocycles. The van der Waals surface area contributed by atoms with E-state index in [-0.39, 0.29) is 5.91 Å². The lowest BCUT2D eigenvalue weighted by Gasteiger charge is -2.00. The van der Waals surface area contributed by atoms with E-state index in [0.717, 1.165) is 31.6 Å². The molecular weight excluding hydrogens is 192 g/mol. The number of aryl methyl sites for hydroxylation is 1. The minimum atomic E-state index is -0.240. The van der Waals surface area contributed by atoms with Crippen LogP contribution < -0.4 is 11.1 Å². The molecule has 5 heteroatoms. The van der Waals surface area contributed by atoms with Gasteiger partial charge in [0.25, 0.3) is 0 Å². The number of amides is 1. The Morgan fingerprint density at radius 2 is 2.47 bits per heavy atom. The molecule has 15 heavy (non-hydrogen) atoms. The van der Waals surface area contributed by atoms with Crippen molar-refractivity contribution in [3.63, 3.8) is 0 Å². The predicted octanol–water partition coefficient (Wildman–Crippen LogP) is 0.258. The highest BCUT2D eigenvalue weighted by atomic mass is 16.1. The Morgan fingerprint density at radius 1 is 1.67 bits per heavy atom. The zero-order chi connectivity index (χ0) is 11.1. The first-order valence-corrected chi connectivity index (χ1v) is 5.22. The number of nitrogens with one attached hydrogen (secondary N) is 1. The summed E-state index contributed by atoms with van der Waals surface area (Å²) in [6.45, 7) is 4.54. The highest BCUT2D eigenvalue weighted by Crippen LogP contribution is 1.97. The molecule has 0 saturated heterocycles. The Hall–Kier alpha value is -1.36. The lowest BCUT2D eigenvalue weighted by Crippen LogP contribution is -2.17. The molecule has 0 radical (unpaired) electrons. The smallest absolute Gasteiger partial charge is 0.217 e. The maximum Gasteiger partial charge on any atom is 0.217 e. The van der Waals surface area contributed by atoms with Crippen molar-refractivity contribution < 1.29 is 4.79 Å². The standard InChI is InChI=1S/C10H18N4O/c1-2-14-8-9(7-13-14)6-12-5-3-4-10(11)15/h7-8,12H,2-6H2,1H3,(H2,11,15). The van der Waals surface area contributed by atoms with Gasteiger partial charge in [-0.25, -0.2) is 0 Å². The average Bonchev–Trinajstić information content (AvgIpc) is 2.65. The molecule has 1 aromatic rings. The molecule has 1 amide bonds. The lowest BCUT2D eigenvalue weighted by molar-refractivity contribution is -0.118. The first kappa shape index (κ1) is 11.7. The van der Waals surface area contributed by atoms with Gasteiger partial charge in [-0.3, -0.25) is 9.48 Å². The molecule has 5 nitrogen and oxygen atoms in total. The maximum atomic E-state index is 10.5. The normalized spacial score (nSPS) is 10.5. The van der Waals surface area contributed by atoms with Gasteiger partial charge in [0, 0.05) is 31.3 Å². The van der Waals surface area contributed by atoms with Crippen molar-refractivity contribution in [2.75, 3.05) is 6.54 Å². The van der Waals surface area contributed by atoms with Gasteiger partial charge in [0.2, 0.25) is 5.91 Å². The molecule has 0 saturated carbocycles. The van der Waals surface area contributed by atoms with Crippen LogP contribution in [0.5, 0.6) is 0 Å². The second-order valence-electron chi connectivity index (χ2n) is 3.45. The first-order chi connectivity index (χ1) is 7.22. The second-order valence-corrected chi connectivity index (χ2v) is 3.45. The van der Waals surface area contributed by atoms with E-state index in [2.05, 4.69) is 17.3 Å². The molecule has 0 bridgehead atoms. The van der Waals surface area contributed by atoms with Gasteiger partial charge in [-0.15, -0.1) is 0 Å². The van der Waals surface area contributed by atoms with Crippen LogP contribution in [0, 0.1) is 0 Å². The molecule has 84 valence electrons. The van der Waals surface area contributed by atoms with Crippen LogP contribution in [0.25, 0.3) is 0 Å². The predicted molar refractivity (Wildman–Crippen MR) is 58.0 cm³/mol. The van der Waals surface area contributed by atoms with Crippen molar-refractivity contribution in [2.24, 2.45) is 5.73 Å². The SMILES string of the molecule is CCn1cc(CNCCCC(N)=O)cn1. The number of carbonyl (C=O) groups is 1. The highest BCUT2D eigenvalue weighted by Gasteiger charge is 1.97. The summed E-state index contributed by atoms with van der Waals surface area (Å²) in [5, 5.41) is 7.40. The van der Waals surface area contributed by atoms with Crippen molar-refractivity contribution in [3.05, 3.63) is 18.0 Å². The Morgan fingerprint density at radius 3 is 3.07 bits per heavy atom. The van der Waals surface area contributed by atoms with Crippen molar-refractivity contribution in [1.29, 1.82) is 0 Å². The number of aromatic nitrogens is 2.